The van der Waals surface area contributed by atoms with Crippen LogP contribution in [0.5, 0.6) is 0 Å². The van der Waals surface area contributed by atoms with Gasteiger partial charge in [0.25, 0.3) is 0 Å². The van der Waals surface area contributed by atoms with Crippen molar-refractivity contribution in [2.24, 2.45) is 5.73 Å². The van der Waals surface area contributed by atoms with Crippen LogP contribution in [0.1, 0.15) is 33.6 Å². The van der Waals surface area contributed by atoms with Crippen LogP contribution in [0.2, 0.25) is 0 Å². The summed E-state index contributed by atoms with van der Waals surface area (Å²) in [4.78, 5) is 2.47. The van der Waals surface area contributed by atoms with E-state index in [9.17, 15) is 0 Å². The van der Waals surface area contributed by atoms with Gasteiger partial charge >= 0.3 is 0 Å². The molecule has 3 unspecified atom stereocenters. The molecule has 0 aromatic heterocycles. The molecule has 0 radical (unpaired) electrons. The Bertz CT molecular complexity index is 163. The van der Waals surface area contributed by atoms with Crippen LogP contribution in [-0.2, 0) is 4.74 Å². The van der Waals surface area contributed by atoms with Crippen molar-refractivity contribution >= 4 is 0 Å². The van der Waals surface area contributed by atoms with Gasteiger partial charge in [-0.3, -0.25) is 4.90 Å². The number of rotatable bonds is 4. The highest BCUT2D eigenvalue weighted by molar-refractivity contribution is 4.85. The van der Waals surface area contributed by atoms with E-state index >= 15 is 0 Å². The molecule has 0 spiro atoms. The molecule has 0 aromatic rings. The highest BCUT2D eigenvalue weighted by atomic mass is 16.5. The molecule has 84 valence electrons. The molecule has 1 rings (SSSR count). The molecule has 1 fully saturated rings. The Morgan fingerprint density at radius 2 is 2.21 bits per heavy atom. The van der Waals surface area contributed by atoms with E-state index in [1.54, 1.807) is 0 Å². The minimum atomic E-state index is 0.192. The van der Waals surface area contributed by atoms with Crippen molar-refractivity contribution in [1.29, 1.82) is 0 Å². The smallest absolute Gasteiger partial charge is 0.0750 e. The Morgan fingerprint density at radius 3 is 2.71 bits per heavy atom. The van der Waals surface area contributed by atoms with Gasteiger partial charge in [0.15, 0.2) is 0 Å². The molecule has 1 aliphatic rings. The van der Waals surface area contributed by atoms with Crippen molar-refractivity contribution in [1.82, 2.24) is 4.90 Å². The molecule has 0 amide bonds. The summed E-state index contributed by atoms with van der Waals surface area (Å²) in [6.07, 6.45) is 2.56. The Balaban J connectivity index is 2.38. The zero-order valence-corrected chi connectivity index (χ0v) is 9.70. The molecule has 3 heteroatoms. The van der Waals surface area contributed by atoms with E-state index in [1.165, 1.54) is 6.42 Å². The van der Waals surface area contributed by atoms with Gasteiger partial charge in [-0.15, -0.1) is 0 Å². The first kappa shape index (κ1) is 12.0. The van der Waals surface area contributed by atoms with E-state index in [4.69, 9.17) is 10.5 Å². The van der Waals surface area contributed by atoms with E-state index in [0.717, 1.165) is 26.1 Å². The fraction of sp³-hybridized carbons (Fsp3) is 1.00. The van der Waals surface area contributed by atoms with Gasteiger partial charge in [0, 0.05) is 31.8 Å². The molecular formula is C11H24N2O. The van der Waals surface area contributed by atoms with E-state index < -0.39 is 0 Å². The third kappa shape index (κ3) is 2.94. The maximum Gasteiger partial charge on any atom is 0.0750 e. The van der Waals surface area contributed by atoms with Crippen molar-refractivity contribution in [2.75, 3.05) is 19.7 Å². The number of hydrogen-bond donors (Lipinski definition) is 1. The van der Waals surface area contributed by atoms with Crippen LogP contribution in [0, 0.1) is 0 Å². The molecule has 1 heterocycles. The topological polar surface area (TPSA) is 38.5 Å². The van der Waals surface area contributed by atoms with Crippen LogP contribution in [0.25, 0.3) is 0 Å². The molecule has 0 saturated carbocycles. The molecule has 1 aliphatic heterocycles. The monoisotopic (exact) mass is 200 g/mol. The van der Waals surface area contributed by atoms with Gasteiger partial charge in [0.1, 0.15) is 0 Å². The highest BCUT2D eigenvalue weighted by Gasteiger charge is 2.28. The largest absolute Gasteiger partial charge is 0.377 e. The molecular weight excluding hydrogens is 176 g/mol. The molecule has 0 aliphatic carbocycles. The average molecular weight is 200 g/mol. The Labute approximate surface area is 87.6 Å². The quantitative estimate of drug-likeness (QED) is 0.741. The van der Waals surface area contributed by atoms with Gasteiger partial charge in [0.2, 0.25) is 0 Å². The second-order valence-electron chi connectivity index (χ2n) is 4.20. The predicted molar refractivity (Wildman–Crippen MR) is 59.3 cm³/mol. The lowest BCUT2D eigenvalue weighted by Gasteiger charge is -2.39. The van der Waals surface area contributed by atoms with Crippen LogP contribution in [0.15, 0.2) is 0 Å². The highest BCUT2D eigenvalue weighted by Crippen LogP contribution is 2.16. The van der Waals surface area contributed by atoms with Gasteiger partial charge in [-0.25, -0.2) is 0 Å². The van der Waals surface area contributed by atoms with E-state index in [-0.39, 0.29) is 12.1 Å². The lowest BCUT2D eigenvalue weighted by molar-refractivity contribution is -0.00890. The number of piperidine rings is 1. The molecule has 0 bridgehead atoms. The zero-order chi connectivity index (χ0) is 10.6. The third-order valence-electron chi connectivity index (χ3n) is 3.22. The Kier molecular flexibility index (Phi) is 4.85. The van der Waals surface area contributed by atoms with Gasteiger partial charge in [0.05, 0.1) is 6.10 Å². The van der Waals surface area contributed by atoms with Crippen LogP contribution < -0.4 is 5.73 Å². The average Bonchev–Trinajstić information content (AvgIpc) is 2.20. The first-order valence-electron chi connectivity index (χ1n) is 5.80. The number of nitrogens with zero attached hydrogens (tertiary/aromatic N) is 1. The number of nitrogens with two attached hydrogens (primary N) is 1. The summed E-state index contributed by atoms with van der Waals surface area (Å²) < 4.78 is 5.61. The second kappa shape index (κ2) is 5.69. The number of likely N-dealkylation sites (tertiary alicyclic amines) is 1. The fourth-order valence-corrected chi connectivity index (χ4v) is 2.07. The summed E-state index contributed by atoms with van der Waals surface area (Å²) >= 11 is 0. The first-order valence-corrected chi connectivity index (χ1v) is 5.80. The van der Waals surface area contributed by atoms with Crippen LogP contribution in [0.3, 0.4) is 0 Å². The summed E-state index contributed by atoms with van der Waals surface area (Å²) in [7, 11) is 0. The fourth-order valence-electron chi connectivity index (χ4n) is 2.07. The third-order valence-corrected chi connectivity index (χ3v) is 3.22. The van der Waals surface area contributed by atoms with Crippen molar-refractivity contribution in [3.63, 3.8) is 0 Å². The number of ether oxygens (including phenoxy) is 1. The predicted octanol–water partition coefficient (Wildman–Crippen LogP) is 1.22. The Hall–Kier alpha value is -0.120. The summed E-state index contributed by atoms with van der Waals surface area (Å²) in [5, 5.41) is 0. The van der Waals surface area contributed by atoms with Crippen molar-refractivity contribution in [2.45, 2.75) is 51.8 Å². The van der Waals surface area contributed by atoms with Gasteiger partial charge in [-0.1, -0.05) is 6.92 Å². The molecule has 3 atom stereocenters. The SMILES string of the molecule is CCOC1CCN(C(C)CC)CC1N. The van der Waals surface area contributed by atoms with Crippen LogP contribution in [0.4, 0.5) is 0 Å². The van der Waals surface area contributed by atoms with Crippen molar-refractivity contribution < 1.29 is 4.74 Å². The maximum absolute atomic E-state index is 6.08. The number of hydrogen-bond acceptors (Lipinski definition) is 3. The Morgan fingerprint density at radius 1 is 1.50 bits per heavy atom. The van der Waals surface area contributed by atoms with Crippen LogP contribution >= 0.6 is 0 Å². The second-order valence-corrected chi connectivity index (χ2v) is 4.20. The summed E-state index contributed by atoms with van der Waals surface area (Å²) in [5.41, 5.74) is 6.08. The standard InChI is InChI=1S/C11H24N2O/c1-4-9(3)13-7-6-11(14-5-2)10(12)8-13/h9-11H,4-8,12H2,1-3H3. The molecule has 2 N–H and O–H groups in total. The van der Waals surface area contributed by atoms with Gasteiger partial charge in [-0.2, -0.15) is 0 Å². The zero-order valence-electron chi connectivity index (χ0n) is 9.70. The van der Waals surface area contributed by atoms with Gasteiger partial charge in [-0.05, 0) is 26.7 Å². The summed E-state index contributed by atoms with van der Waals surface area (Å²) in [6.45, 7) is 9.43. The maximum atomic E-state index is 6.08. The molecule has 1 saturated heterocycles. The van der Waals surface area contributed by atoms with Crippen molar-refractivity contribution in [3.8, 4) is 0 Å². The van der Waals surface area contributed by atoms with E-state index in [1.807, 2.05) is 6.92 Å². The lowest BCUT2D eigenvalue weighted by Crippen LogP contribution is -2.54. The van der Waals surface area contributed by atoms with E-state index in [0.29, 0.717) is 6.04 Å². The summed E-state index contributed by atoms with van der Waals surface area (Å²) in [5.74, 6) is 0. The summed E-state index contributed by atoms with van der Waals surface area (Å²) in [6, 6.07) is 0.848. The van der Waals surface area contributed by atoms with Gasteiger partial charge < -0.3 is 10.5 Å². The molecule has 3 nitrogen and oxygen atoms in total. The van der Waals surface area contributed by atoms with Crippen LogP contribution in [-0.4, -0.2) is 42.8 Å². The molecule has 0 aromatic carbocycles. The van der Waals surface area contributed by atoms with Crippen molar-refractivity contribution in [3.05, 3.63) is 0 Å². The van der Waals surface area contributed by atoms with E-state index in [2.05, 4.69) is 18.7 Å². The lowest BCUT2D eigenvalue weighted by atomic mass is 10.0. The first-order chi connectivity index (χ1) is 6.69. The normalized spacial score (nSPS) is 31.7. The molecule has 14 heavy (non-hydrogen) atoms. The minimum absolute atomic E-state index is 0.192. The minimum Gasteiger partial charge on any atom is -0.377 e.